The van der Waals surface area contributed by atoms with Gasteiger partial charge in [0.2, 0.25) is 0 Å². The number of pyridine rings is 1. The van der Waals surface area contributed by atoms with E-state index in [9.17, 15) is 23.3 Å². The minimum absolute atomic E-state index is 0.0164. The van der Waals surface area contributed by atoms with E-state index in [4.69, 9.17) is 18.9 Å². The zero-order valence-electron chi connectivity index (χ0n) is 33.0. The molecule has 3 N–H and O–H groups in total. The average molecular weight is 836 g/mol. The van der Waals surface area contributed by atoms with Crippen LogP contribution in [-0.4, -0.2) is 98.4 Å². The Morgan fingerprint density at radius 2 is 1.92 bits per heavy atom. The first-order chi connectivity index (χ1) is 29.0. The molecule has 1 saturated carbocycles. The number of benzene rings is 3. The fourth-order valence-electron chi connectivity index (χ4n) is 9.70. The Labute approximate surface area is 346 Å². The zero-order chi connectivity index (χ0) is 41.2. The van der Waals surface area contributed by atoms with Gasteiger partial charge >= 0.3 is 0 Å². The number of aryl methyl sites for hydroxylation is 1. The number of sulfonamides is 1. The predicted octanol–water partition coefficient (Wildman–Crippen LogP) is 6.08. The number of nitrogens with one attached hydrogen (secondary N) is 3. The molecule has 2 aromatic heterocycles. The molecule has 0 unspecified atom stereocenters. The number of carbonyl (C=O) groups is 1. The molecule has 16 nitrogen and oxygen atoms in total. The van der Waals surface area contributed by atoms with Crippen LogP contribution < -0.4 is 24.4 Å². The van der Waals surface area contributed by atoms with Crippen molar-refractivity contribution >= 4 is 44.0 Å². The van der Waals surface area contributed by atoms with Crippen molar-refractivity contribution in [2.24, 2.45) is 5.41 Å². The molecule has 3 saturated heterocycles. The number of carbonyl (C=O) groups excluding carboxylic acids is 1. The molecule has 3 aromatic carbocycles. The van der Waals surface area contributed by atoms with Gasteiger partial charge in [-0.1, -0.05) is 24.3 Å². The van der Waals surface area contributed by atoms with E-state index in [1.165, 1.54) is 30.2 Å². The molecule has 60 heavy (non-hydrogen) atoms. The third kappa shape index (κ3) is 7.08. The van der Waals surface area contributed by atoms with Crippen molar-refractivity contribution in [2.75, 3.05) is 56.3 Å². The summed E-state index contributed by atoms with van der Waals surface area (Å²) in [7, 11) is -4.65. The van der Waals surface area contributed by atoms with Crippen LogP contribution in [0.15, 0.2) is 84.0 Å². The largest absolute Gasteiger partial charge is 0.489 e. The van der Waals surface area contributed by atoms with Crippen LogP contribution in [0.4, 0.5) is 17.1 Å². The molecule has 3 atom stereocenters. The van der Waals surface area contributed by atoms with Crippen LogP contribution in [0.25, 0.3) is 11.0 Å². The van der Waals surface area contributed by atoms with Gasteiger partial charge in [-0.05, 0) is 74.5 Å². The van der Waals surface area contributed by atoms with E-state index in [0.717, 1.165) is 55.7 Å². The zero-order valence-corrected chi connectivity index (χ0v) is 33.8. The molecular weight excluding hydrogens is 791 g/mol. The van der Waals surface area contributed by atoms with Gasteiger partial charge in [-0.15, -0.1) is 0 Å². The number of aromatic nitrogens is 2. The first-order valence-corrected chi connectivity index (χ1v) is 21.8. The van der Waals surface area contributed by atoms with E-state index >= 15 is 0 Å². The minimum atomic E-state index is -4.65. The number of likely N-dealkylation sites (tertiary alicyclic amines) is 1. The number of rotatable bonds is 10. The Hall–Kier alpha value is -5.75. The van der Waals surface area contributed by atoms with E-state index in [0.29, 0.717) is 36.7 Å². The van der Waals surface area contributed by atoms with Crippen molar-refractivity contribution in [1.82, 2.24) is 19.6 Å². The lowest BCUT2D eigenvalue weighted by molar-refractivity contribution is -0.384. The summed E-state index contributed by atoms with van der Waals surface area (Å²) in [5.41, 5.74) is 3.94. The van der Waals surface area contributed by atoms with Crippen molar-refractivity contribution in [3.63, 3.8) is 0 Å². The highest BCUT2D eigenvalue weighted by molar-refractivity contribution is 7.90. The lowest BCUT2D eigenvalue weighted by Crippen LogP contribution is -2.66. The van der Waals surface area contributed by atoms with Crippen molar-refractivity contribution in [3.8, 4) is 17.2 Å². The highest BCUT2D eigenvalue weighted by Crippen LogP contribution is 2.54. The van der Waals surface area contributed by atoms with Gasteiger partial charge in [0.25, 0.3) is 21.6 Å². The SMILES string of the molecule is Cc1ccccc1[C@@H]1CCCN1C1CC2(C1)CN(c1ccc(C(=O)NS(=O)(=O)c3cc4c(c([N+](=O)[O-])c3)N[C@H]([C@H]3COCCO3)CO4)c(Oc3cnc4[nH]ccc4c3)c1)C2. The van der Waals surface area contributed by atoms with Gasteiger partial charge in [-0.3, -0.25) is 19.8 Å². The highest BCUT2D eigenvalue weighted by atomic mass is 32.2. The number of nitro benzene ring substituents is 1. The second kappa shape index (κ2) is 15.1. The maximum atomic E-state index is 14.0. The molecule has 6 heterocycles. The van der Waals surface area contributed by atoms with E-state index in [2.05, 4.69) is 61.0 Å². The van der Waals surface area contributed by atoms with Gasteiger partial charge in [-0.25, -0.2) is 18.1 Å². The Morgan fingerprint density at radius 1 is 1.07 bits per heavy atom. The van der Waals surface area contributed by atoms with Crippen molar-refractivity contribution in [2.45, 2.75) is 61.7 Å². The number of nitro groups is 1. The Kier molecular flexibility index (Phi) is 9.65. The number of amides is 1. The number of hydrogen-bond donors (Lipinski definition) is 3. The number of fused-ring (bicyclic) bond motifs is 2. The molecule has 17 heteroatoms. The third-order valence-corrected chi connectivity index (χ3v) is 14.0. The summed E-state index contributed by atoms with van der Waals surface area (Å²) in [6.45, 7) is 6.19. The molecule has 4 fully saturated rings. The van der Waals surface area contributed by atoms with E-state index in [-0.39, 0.29) is 41.4 Å². The maximum absolute atomic E-state index is 14.0. The summed E-state index contributed by atoms with van der Waals surface area (Å²) in [4.78, 5) is 37.4. The van der Waals surface area contributed by atoms with Crippen LogP contribution in [0.5, 0.6) is 17.2 Å². The summed E-state index contributed by atoms with van der Waals surface area (Å²) in [5, 5.41) is 16.1. The molecule has 4 aliphatic heterocycles. The lowest BCUT2D eigenvalue weighted by Gasteiger charge is -2.62. The highest BCUT2D eigenvalue weighted by Gasteiger charge is 2.55. The second-order valence-electron chi connectivity index (χ2n) is 16.6. The van der Waals surface area contributed by atoms with Crippen LogP contribution in [0, 0.1) is 22.5 Å². The molecule has 1 amide bonds. The molecule has 0 radical (unpaired) electrons. The average Bonchev–Trinajstić information content (AvgIpc) is 3.90. The second-order valence-corrected chi connectivity index (χ2v) is 18.3. The van der Waals surface area contributed by atoms with Crippen LogP contribution in [-0.2, 0) is 19.5 Å². The normalized spacial score (nSPS) is 22.6. The van der Waals surface area contributed by atoms with Gasteiger partial charge in [0.1, 0.15) is 29.9 Å². The molecule has 1 aliphatic carbocycles. The van der Waals surface area contributed by atoms with Gasteiger partial charge in [-0.2, -0.15) is 0 Å². The van der Waals surface area contributed by atoms with Crippen LogP contribution in [0.3, 0.4) is 0 Å². The molecule has 312 valence electrons. The predicted molar refractivity (Wildman–Crippen MR) is 221 cm³/mol. The van der Waals surface area contributed by atoms with Gasteiger partial charge in [0, 0.05) is 66.1 Å². The van der Waals surface area contributed by atoms with Crippen molar-refractivity contribution in [3.05, 3.63) is 106 Å². The number of nitrogens with zero attached hydrogens (tertiary/aromatic N) is 4. The summed E-state index contributed by atoms with van der Waals surface area (Å²) in [5.74, 6) is -0.531. The van der Waals surface area contributed by atoms with E-state index < -0.39 is 43.6 Å². The Balaban J connectivity index is 0.875. The lowest BCUT2D eigenvalue weighted by atomic mass is 9.60. The van der Waals surface area contributed by atoms with Crippen LogP contribution >= 0.6 is 0 Å². The first kappa shape index (κ1) is 38.5. The van der Waals surface area contributed by atoms with Gasteiger partial charge in [0.15, 0.2) is 11.4 Å². The number of H-pyrrole nitrogens is 1. The number of hydrogen-bond acceptors (Lipinski definition) is 13. The Morgan fingerprint density at radius 3 is 2.72 bits per heavy atom. The number of ether oxygens (including phenoxy) is 4. The van der Waals surface area contributed by atoms with Gasteiger partial charge < -0.3 is 34.1 Å². The molecule has 5 aliphatic rings. The third-order valence-electron chi connectivity index (χ3n) is 12.7. The van der Waals surface area contributed by atoms with Crippen molar-refractivity contribution < 1.29 is 37.1 Å². The van der Waals surface area contributed by atoms with Crippen LogP contribution in [0.1, 0.15) is 53.2 Å². The van der Waals surface area contributed by atoms with Crippen LogP contribution in [0.2, 0.25) is 0 Å². The van der Waals surface area contributed by atoms with Gasteiger partial charge in [0.05, 0.1) is 47.4 Å². The monoisotopic (exact) mass is 835 g/mol. The molecule has 1 spiro atoms. The summed E-state index contributed by atoms with van der Waals surface area (Å²) < 4.78 is 53.1. The fourth-order valence-corrected chi connectivity index (χ4v) is 10.7. The standard InChI is InChI=1S/C43H45N7O9S/c1-26-5-2-3-6-32(26)35-7-4-12-49(35)29-19-43(20-29)24-48(25-43)28-8-9-33(37(16-28)59-30-15-27-10-11-44-41(27)45-21-30)42(51)47-60(54,55)31-17-36(50(52)53)40-38(18-31)58-22-34(46-40)39-23-56-13-14-57-39/h2-3,5-6,8-11,15-18,21,29,34-35,39,46H,4,7,12-14,19-20,22-25H2,1H3,(H,44,45)(H,47,51)/t34-,35-,39+/m0/s1. The number of anilines is 2. The number of aromatic amines is 1. The minimum Gasteiger partial charge on any atom is -0.489 e. The fraction of sp³-hybridized carbons (Fsp3) is 0.395. The summed E-state index contributed by atoms with van der Waals surface area (Å²) >= 11 is 0. The summed E-state index contributed by atoms with van der Waals surface area (Å²) in [6, 6.07) is 20.0. The van der Waals surface area contributed by atoms with E-state index in [1.54, 1.807) is 30.5 Å². The topological polar surface area (TPSA) is 190 Å². The quantitative estimate of drug-likeness (QED) is 0.108. The molecule has 0 bridgehead atoms. The molecular formula is C43H45N7O9S. The smallest absolute Gasteiger partial charge is 0.297 e. The molecule has 10 rings (SSSR count). The van der Waals surface area contributed by atoms with E-state index in [1.807, 2.05) is 6.07 Å². The maximum Gasteiger partial charge on any atom is 0.297 e. The summed E-state index contributed by atoms with van der Waals surface area (Å²) in [6.07, 6.45) is 7.51. The van der Waals surface area contributed by atoms with Crippen molar-refractivity contribution in [1.29, 1.82) is 0 Å². The molecule has 5 aromatic rings. The first-order valence-electron chi connectivity index (χ1n) is 20.3. The Bertz CT molecular complexity index is 2600.